The van der Waals surface area contributed by atoms with Crippen molar-refractivity contribution in [2.45, 2.75) is 59.3 Å². The third kappa shape index (κ3) is 4.19. The van der Waals surface area contributed by atoms with Crippen LogP contribution in [0.25, 0.3) is 0 Å². The number of hydrogen-bond donors (Lipinski definition) is 0. The summed E-state index contributed by atoms with van der Waals surface area (Å²) in [6.45, 7) is 6.62. The molecule has 0 aromatic carbocycles. The first-order valence-corrected chi connectivity index (χ1v) is 6.30. The summed E-state index contributed by atoms with van der Waals surface area (Å²) in [4.78, 5) is 11.7. The van der Waals surface area contributed by atoms with Gasteiger partial charge in [-0.2, -0.15) is 0 Å². The second-order valence-corrected chi connectivity index (χ2v) is 5.18. The van der Waals surface area contributed by atoms with Gasteiger partial charge in [0.2, 0.25) is 0 Å². The Balaban J connectivity index is 2.43. The molecule has 0 amide bonds. The van der Waals surface area contributed by atoms with Crippen molar-refractivity contribution in [3.05, 3.63) is 11.6 Å². The van der Waals surface area contributed by atoms with E-state index in [9.17, 15) is 4.79 Å². The maximum Gasteiger partial charge on any atom is 0.139 e. The standard InChI is InChI=1S/C14H24O/c1-11(2)7-6-8-12(3)13-9-4-5-10-14(13)15/h8,11,13H,4-7,9-10H2,1-3H3. The number of carbonyl (C=O) groups is 1. The zero-order chi connectivity index (χ0) is 11.3. The van der Waals surface area contributed by atoms with Gasteiger partial charge in [-0.05, 0) is 38.5 Å². The summed E-state index contributed by atoms with van der Waals surface area (Å²) in [5.41, 5.74) is 1.32. The van der Waals surface area contributed by atoms with Crippen LogP contribution >= 0.6 is 0 Å². The predicted octanol–water partition coefficient (Wildman–Crippen LogP) is 4.13. The van der Waals surface area contributed by atoms with Gasteiger partial charge in [-0.3, -0.25) is 4.79 Å². The van der Waals surface area contributed by atoms with Crippen LogP contribution in [-0.2, 0) is 4.79 Å². The summed E-state index contributed by atoms with van der Waals surface area (Å²) in [5, 5.41) is 0. The van der Waals surface area contributed by atoms with Crippen LogP contribution in [0.4, 0.5) is 0 Å². The lowest BCUT2D eigenvalue weighted by molar-refractivity contribution is -0.123. The summed E-state index contributed by atoms with van der Waals surface area (Å²) in [6.07, 6.45) is 8.88. The molecule has 0 spiro atoms. The Morgan fingerprint density at radius 2 is 2.20 bits per heavy atom. The van der Waals surface area contributed by atoms with Crippen molar-refractivity contribution in [2.24, 2.45) is 11.8 Å². The molecule has 1 heteroatoms. The van der Waals surface area contributed by atoms with Gasteiger partial charge in [0.25, 0.3) is 0 Å². The molecule has 0 aromatic heterocycles. The van der Waals surface area contributed by atoms with Crippen molar-refractivity contribution in [2.75, 3.05) is 0 Å². The third-order valence-corrected chi connectivity index (χ3v) is 3.31. The van der Waals surface area contributed by atoms with E-state index in [0.717, 1.165) is 31.6 Å². The van der Waals surface area contributed by atoms with E-state index in [0.29, 0.717) is 5.78 Å². The molecule has 0 bridgehead atoms. The highest BCUT2D eigenvalue weighted by Crippen LogP contribution is 2.27. The molecule has 1 rings (SSSR count). The van der Waals surface area contributed by atoms with Gasteiger partial charge in [-0.25, -0.2) is 0 Å². The van der Waals surface area contributed by atoms with E-state index in [1.54, 1.807) is 0 Å². The topological polar surface area (TPSA) is 17.1 Å². The molecular weight excluding hydrogens is 184 g/mol. The highest BCUT2D eigenvalue weighted by atomic mass is 16.1. The number of carbonyl (C=O) groups excluding carboxylic acids is 1. The molecule has 0 heterocycles. The zero-order valence-corrected chi connectivity index (χ0v) is 10.4. The van der Waals surface area contributed by atoms with E-state index in [-0.39, 0.29) is 5.92 Å². The van der Waals surface area contributed by atoms with Gasteiger partial charge < -0.3 is 0 Å². The summed E-state index contributed by atoms with van der Waals surface area (Å²) < 4.78 is 0. The molecule has 15 heavy (non-hydrogen) atoms. The average Bonchev–Trinajstić information content (AvgIpc) is 2.17. The molecule has 0 aromatic rings. The Kier molecular flexibility index (Phi) is 5.07. The molecule has 1 fully saturated rings. The molecule has 0 N–H and O–H groups in total. The lowest BCUT2D eigenvalue weighted by Crippen LogP contribution is -2.19. The van der Waals surface area contributed by atoms with E-state index in [2.05, 4.69) is 26.8 Å². The fraction of sp³-hybridized carbons (Fsp3) is 0.786. The van der Waals surface area contributed by atoms with Crippen LogP contribution in [0, 0.1) is 11.8 Å². The summed E-state index contributed by atoms with van der Waals surface area (Å²) in [7, 11) is 0. The number of hydrogen-bond acceptors (Lipinski definition) is 1. The quantitative estimate of drug-likeness (QED) is 0.635. The Bertz CT molecular complexity index is 238. The minimum absolute atomic E-state index is 0.255. The highest BCUT2D eigenvalue weighted by Gasteiger charge is 2.22. The highest BCUT2D eigenvalue weighted by molar-refractivity contribution is 5.84. The fourth-order valence-corrected chi connectivity index (χ4v) is 2.25. The van der Waals surface area contributed by atoms with Crippen molar-refractivity contribution in [3.8, 4) is 0 Å². The first kappa shape index (κ1) is 12.5. The zero-order valence-electron chi connectivity index (χ0n) is 10.4. The Morgan fingerprint density at radius 1 is 1.47 bits per heavy atom. The van der Waals surface area contributed by atoms with Gasteiger partial charge in [-0.1, -0.05) is 31.9 Å². The largest absolute Gasteiger partial charge is 0.299 e. The maximum atomic E-state index is 11.7. The van der Waals surface area contributed by atoms with E-state index in [1.807, 2.05) is 0 Å². The lowest BCUT2D eigenvalue weighted by Gasteiger charge is -2.21. The fourth-order valence-electron chi connectivity index (χ4n) is 2.25. The molecule has 1 nitrogen and oxygen atoms in total. The molecule has 86 valence electrons. The minimum Gasteiger partial charge on any atom is -0.299 e. The number of rotatable bonds is 4. The van der Waals surface area contributed by atoms with Gasteiger partial charge in [-0.15, -0.1) is 0 Å². The Morgan fingerprint density at radius 3 is 2.80 bits per heavy atom. The van der Waals surface area contributed by atoms with Crippen molar-refractivity contribution in [1.82, 2.24) is 0 Å². The normalized spacial score (nSPS) is 23.6. The van der Waals surface area contributed by atoms with Gasteiger partial charge in [0, 0.05) is 12.3 Å². The van der Waals surface area contributed by atoms with Crippen molar-refractivity contribution in [3.63, 3.8) is 0 Å². The Hall–Kier alpha value is -0.590. The van der Waals surface area contributed by atoms with Crippen LogP contribution in [0.1, 0.15) is 59.3 Å². The van der Waals surface area contributed by atoms with Crippen LogP contribution in [0.3, 0.4) is 0 Å². The number of ketones is 1. The van der Waals surface area contributed by atoms with E-state index < -0.39 is 0 Å². The predicted molar refractivity (Wildman–Crippen MR) is 64.8 cm³/mol. The molecule has 1 unspecified atom stereocenters. The molecule has 0 radical (unpaired) electrons. The van der Waals surface area contributed by atoms with Crippen LogP contribution in [-0.4, -0.2) is 5.78 Å². The average molecular weight is 208 g/mol. The summed E-state index contributed by atoms with van der Waals surface area (Å²) in [5.74, 6) is 1.49. The van der Waals surface area contributed by atoms with Crippen LogP contribution in [0.5, 0.6) is 0 Å². The first-order valence-electron chi connectivity index (χ1n) is 6.30. The molecule has 0 saturated heterocycles. The van der Waals surface area contributed by atoms with Crippen LogP contribution < -0.4 is 0 Å². The molecule has 0 aliphatic heterocycles. The monoisotopic (exact) mass is 208 g/mol. The molecule has 1 aliphatic carbocycles. The van der Waals surface area contributed by atoms with E-state index >= 15 is 0 Å². The van der Waals surface area contributed by atoms with Gasteiger partial charge in [0.05, 0.1) is 0 Å². The first-order chi connectivity index (χ1) is 7.11. The van der Waals surface area contributed by atoms with Gasteiger partial charge >= 0.3 is 0 Å². The second kappa shape index (κ2) is 6.09. The second-order valence-electron chi connectivity index (χ2n) is 5.18. The molecule has 1 saturated carbocycles. The molecular formula is C14H24O. The van der Waals surface area contributed by atoms with E-state index in [4.69, 9.17) is 0 Å². The Labute approximate surface area is 93.9 Å². The van der Waals surface area contributed by atoms with Crippen molar-refractivity contribution >= 4 is 5.78 Å². The lowest BCUT2D eigenvalue weighted by atomic mass is 9.83. The number of Topliss-reactive ketones (excluding diaryl/α,β-unsaturated/α-hetero) is 1. The van der Waals surface area contributed by atoms with Gasteiger partial charge in [0.15, 0.2) is 0 Å². The summed E-state index contributed by atoms with van der Waals surface area (Å²) >= 11 is 0. The number of allylic oxidation sites excluding steroid dienone is 2. The summed E-state index contributed by atoms with van der Waals surface area (Å²) in [6, 6.07) is 0. The van der Waals surface area contributed by atoms with Gasteiger partial charge in [0.1, 0.15) is 5.78 Å². The molecule has 1 aliphatic rings. The SMILES string of the molecule is CC(=CCCC(C)C)C1CCCCC1=O. The third-order valence-electron chi connectivity index (χ3n) is 3.31. The van der Waals surface area contributed by atoms with Crippen LogP contribution in [0.15, 0.2) is 11.6 Å². The maximum absolute atomic E-state index is 11.7. The smallest absolute Gasteiger partial charge is 0.139 e. The van der Waals surface area contributed by atoms with Crippen LogP contribution in [0.2, 0.25) is 0 Å². The van der Waals surface area contributed by atoms with Crippen molar-refractivity contribution in [1.29, 1.82) is 0 Å². The van der Waals surface area contributed by atoms with E-state index in [1.165, 1.54) is 18.4 Å². The van der Waals surface area contributed by atoms with Crippen molar-refractivity contribution < 1.29 is 4.79 Å². The molecule has 1 atom stereocenters. The minimum atomic E-state index is 0.255.